The topological polar surface area (TPSA) is 64.5 Å². The summed E-state index contributed by atoms with van der Waals surface area (Å²) in [5.74, 6) is 2.63. The van der Waals surface area contributed by atoms with E-state index in [1.54, 1.807) is 40.1 Å². The minimum atomic E-state index is 0.629. The lowest BCUT2D eigenvalue weighted by atomic mass is 10.1. The second-order valence-electron chi connectivity index (χ2n) is 13.7. The Kier molecular flexibility index (Phi) is 8.13. The monoisotopic (exact) mass is 783 g/mol. The van der Waals surface area contributed by atoms with E-state index in [2.05, 4.69) is 122 Å². The number of fused-ring (bicyclic) bond motifs is 7. The third-order valence-electron chi connectivity index (χ3n) is 10.1. The normalized spacial score (nSPS) is 11.9. The molecule has 0 N–H and O–H groups in total. The molecule has 0 aliphatic heterocycles. The predicted molar refractivity (Wildman–Crippen MR) is 243 cm³/mol. The van der Waals surface area contributed by atoms with Crippen LogP contribution < -0.4 is 0 Å². The van der Waals surface area contributed by atoms with Crippen LogP contribution in [0, 0.1) is 0 Å². The zero-order chi connectivity index (χ0) is 37.9. The van der Waals surface area contributed by atoms with E-state index >= 15 is 0 Å². The number of aromatic nitrogens is 5. The Labute approximate surface area is 339 Å². The van der Waals surface area contributed by atoms with Crippen LogP contribution in [0.3, 0.4) is 0 Å². The first-order chi connectivity index (χ1) is 28.2. The Morgan fingerprint density at radius 2 is 1.12 bits per heavy atom. The van der Waals surface area contributed by atoms with Crippen LogP contribution in [0.1, 0.15) is 4.88 Å². The number of hydrogen-bond acceptors (Lipinski definition) is 8. The van der Waals surface area contributed by atoms with Crippen molar-refractivity contribution in [2.45, 2.75) is 0 Å². The molecule has 5 heterocycles. The molecule has 57 heavy (non-hydrogen) atoms. The molecule has 0 saturated heterocycles. The van der Waals surface area contributed by atoms with E-state index in [4.69, 9.17) is 24.9 Å². The molecule has 0 amide bonds. The van der Waals surface area contributed by atoms with Crippen LogP contribution in [0.5, 0.6) is 0 Å². The van der Waals surface area contributed by atoms with Crippen LogP contribution in [-0.2, 0) is 0 Å². The van der Waals surface area contributed by atoms with Gasteiger partial charge >= 0.3 is 0 Å². The SMILES string of the molecule is C=C/C=C\c1cc2cc(-c3nc(-c4ccccc4)nc(-c4ccc5c(c4)sc4c(-c6nc(-c7ccccc7)c7sc8ccccc8c7n6)cccc45)n3)ccc2s1. The molecule has 0 aliphatic rings. The standard InChI is InChI=1S/C49H29N5S3/c1-2-3-17-34-27-33-26-31(23-25-39(33)55-34)47-52-46(30-15-8-5-9-16-30)53-48(54-47)32-22-24-35-36-19-12-20-38(44(36)57-41(35)28-32)49-50-42(29-13-6-4-7-14-29)45-43(51-49)37-18-10-11-21-40(37)56-45/h2-28H,1H2/b17-3-. The van der Waals surface area contributed by atoms with Crippen LogP contribution in [0.25, 0.3) is 113 Å². The number of rotatable bonds is 7. The number of hydrogen-bond donors (Lipinski definition) is 0. The fraction of sp³-hybridized carbons (Fsp3) is 0. The summed E-state index contributed by atoms with van der Waals surface area (Å²) in [4.78, 5) is 27.0. The van der Waals surface area contributed by atoms with Crippen molar-refractivity contribution in [3.05, 3.63) is 169 Å². The van der Waals surface area contributed by atoms with Gasteiger partial charge < -0.3 is 0 Å². The van der Waals surface area contributed by atoms with Gasteiger partial charge in [0, 0.05) is 67.7 Å². The quantitative estimate of drug-likeness (QED) is 0.151. The van der Waals surface area contributed by atoms with Crippen molar-refractivity contribution in [3.8, 4) is 56.8 Å². The highest BCUT2D eigenvalue weighted by Crippen LogP contribution is 2.44. The summed E-state index contributed by atoms with van der Waals surface area (Å²) in [5, 5.41) is 4.65. The van der Waals surface area contributed by atoms with Gasteiger partial charge in [-0.05, 0) is 53.9 Å². The van der Waals surface area contributed by atoms with Crippen LogP contribution in [-0.4, -0.2) is 24.9 Å². The Hall–Kier alpha value is -6.71. The molecule has 0 radical (unpaired) electrons. The number of allylic oxidation sites excluding steroid dienone is 2. The first-order valence-corrected chi connectivity index (χ1v) is 21.0. The fourth-order valence-corrected chi connectivity index (χ4v) is 10.8. The maximum absolute atomic E-state index is 5.30. The van der Waals surface area contributed by atoms with Crippen molar-refractivity contribution in [2.24, 2.45) is 0 Å². The van der Waals surface area contributed by atoms with E-state index in [1.165, 1.54) is 25.0 Å². The molecule has 0 unspecified atom stereocenters. The lowest BCUT2D eigenvalue weighted by Gasteiger charge is -2.09. The summed E-state index contributed by atoms with van der Waals surface area (Å²) < 4.78 is 5.81. The van der Waals surface area contributed by atoms with Crippen LogP contribution >= 0.6 is 34.0 Å². The highest BCUT2D eigenvalue weighted by Gasteiger charge is 2.20. The highest BCUT2D eigenvalue weighted by atomic mass is 32.1. The van der Waals surface area contributed by atoms with E-state index in [1.807, 2.05) is 42.5 Å². The van der Waals surface area contributed by atoms with Gasteiger partial charge in [0.15, 0.2) is 23.3 Å². The summed E-state index contributed by atoms with van der Waals surface area (Å²) in [5.41, 5.74) is 6.86. The van der Waals surface area contributed by atoms with Crippen molar-refractivity contribution < 1.29 is 0 Å². The first-order valence-electron chi connectivity index (χ1n) is 18.5. The maximum atomic E-state index is 5.30. The van der Waals surface area contributed by atoms with Gasteiger partial charge in [-0.15, -0.1) is 34.0 Å². The molecule has 0 spiro atoms. The van der Waals surface area contributed by atoms with E-state index in [0.29, 0.717) is 17.5 Å². The molecule has 0 bridgehead atoms. The zero-order valence-electron chi connectivity index (χ0n) is 30.3. The largest absolute Gasteiger partial charge is 0.226 e. The molecule has 0 aliphatic carbocycles. The van der Waals surface area contributed by atoms with E-state index in [9.17, 15) is 0 Å². The molecule has 0 atom stereocenters. The van der Waals surface area contributed by atoms with E-state index in [-0.39, 0.29) is 0 Å². The second kappa shape index (κ2) is 13.8. The average molecular weight is 784 g/mol. The fourth-order valence-electron chi connectivity index (χ4n) is 7.42. The molecular formula is C49H29N5S3. The summed E-state index contributed by atoms with van der Waals surface area (Å²) in [6, 6.07) is 50.7. The minimum absolute atomic E-state index is 0.629. The molecule has 6 aromatic carbocycles. The Balaban J connectivity index is 1.06. The highest BCUT2D eigenvalue weighted by molar-refractivity contribution is 7.26. The number of thiophene rings is 3. The molecule has 11 rings (SSSR count). The minimum Gasteiger partial charge on any atom is -0.226 e. The molecule has 0 fully saturated rings. The third kappa shape index (κ3) is 5.93. The smallest absolute Gasteiger partial charge is 0.164 e. The van der Waals surface area contributed by atoms with E-state index < -0.39 is 0 Å². The number of benzene rings is 6. The molecule has 0 saturated carbocycles. The predicted octanol–water partition coefficient (Wildman–Crippen LogP) is 14.1. The van der Waals surface area contributed by atoms with Crippen molar-refractivity contribution in [1.82, 2.24) is 24.9 Å². The van der Waals surface area contributed by atoms with Crippen LogP contribution in [0.4, 0.5) is 0 Å². The molecular weight excluding hydrogens is 755 g/mol. The second-order valence-corrected chi connectivity index (χ2v) is 16.9. The maximum Gasteiger partial charge on any atom is 0.164 e. The summed E-state index contributed by atoms with van der Waals surface area (Å²) >= 11 is 5.26. The Morgan fingerprint density at radius 3 is 1.93 bits per heavy atom. The van der Waals surface area contributed by atoms with Gasteiger partial charge in [0.25, 0.3) is 0 Å². The van der Waals surface area contributed by atoms with Crippen molar-refractivity contribution in [3.63, 3.8) is 0 Å². The summed E-state index contributed by atoms with van der Waals surface area (Å²) in [7, 11) is 0. The lowest BCUT2D eigenvalue weighted by Crippen LogP contribution is -2.00. The van der Waals surface area contributed by atoms with Crippen LogP contribution in [0.15, 0.2) is 164 Å². The van der Waals surface area contributed by atoms with Gasteiger partial charge in [0.2, 0.25) is 0 Å². The van der Waals surface area contributed by atoms with Gasteiger partial charge in [-0.2, -0.15) is 0 Å². The molecule has 268 valence electrons. The van der Waals surface area contributed by atoms with Gasteiger partial charge in [-0.1, -0.05) is 122 Å². The first kappa shape index (κ1) is 33.6. The van der Waals surface area contributed by atoms with Crippen molar-refractivity contribution in [1.29, 1.82) is 0 Å². The zero-order valence-corrected chi connectivity index (χ0v) is 32.7. The average Bonchev–Trinajstić information content (AvgIpc) is 3.98. The van der Waals surface area contributed by atoms with Crippen molar-refractivity contribution >= 4 is 90.6 Å². The molecule has 5 aromatic heterocycles. The summed E-state index contributed by atoms with van der Waals surface area (Å²) in [6.07, 6.45) is 5.84. The van der Waals surface area contributed by atoms with Gasteiger partial charge in [-0.3, -0.25) is 0 Å². The Morgan fingerprint density at radius 1 is 0.439 bits per heavy atom. The Bertz CT molecular complexity index is 3380. The van der Waals surface area contributed by atoms with Gasteiger partial charge in [0.1, 0.15) is 0 Å². The molecule has 8 heteroatoms. The van der Waals surface area contributed by atoms with E-state index in [0.717, 1.165) is 69.7 Å². The third-order valence-corrected chi connectivity index (χ3v) is 13.6. The van der Waals surface area contributed by atoms with Crippen LogP contribution in [0.2, 0.25) is 0 Å². The van der Waals surface area contributed by atoms with Gasteiger partial charge in [0.05, 0.1) is 15.9 Å². The molecule has 11 aromatic rings. The van der Waals surface area contributed by atoms with Gasteiger partial charge in [-0.25, -0.2) is 24.9 Å². The van der Waals surface area contributed by atoms with Crippen molar-refractivity contribution in [2.75, 3.05) is 0 Å². The molecule has 5 nitrogen and oxygen atoms in total. The lowest BCUT2D eigenvalue weighted by molar-refractivity contribution is 1.08. The summed E-state index contributed by atoms with van der Waals surface area (Å²) in [6.45, 7) is 3.81. The number of nitrogens with zero attached hydrogens (tertiary/aromatic N) is 5.